The van der Waals surface area contributed by atoms with Gasteiger partial charge in [-0.25, -0.2) is 0 Å². The third-order valence-electron chi connectivity index (χ3n) is 2.71. The standard InChI is InChI=1S/C15H13BrClNO2/c1-20-14-7-6-12(17)9-13(14)18-15(19)8-10-2-4-11(16)5-3-10/h2-7,9H,8H2,1H3,(H,18,19). The Bertz CT molecular complexity index is 614. The summed E-state index contributed by atoms with van der Waals surface area (Å²) in [5.74, 6) is 0.464. The molecule has 2 aromatic rings. The fraction of sp³-hybridized carbons (Fsp3) is 0.133. The highest BCUT2D eigenvalue weighted by atomic mass is 79.9. The average molecular weight is 355 g/mol. The molecule has 5 heteroatoms. The summed E-state index contributed by atoms with van der Waals surface area (Å²) in [7, 11) is 1.55. The number of hydrogen-bond acceptors (Lipinski definition) is 2. The number of methoxy groups -OCH3 is 1. The number of carbonyl (C=O) groups is 1. The van der Waals surface area contributed by atoms with E-state index in [9.17, 15) is 4.79 Å². The predicted octanol–water partition coefficient (Wildman–Crippen LogP) is 4.29. The highest BCUT2D eigenvalue weighted by molar-refractivity contribution is 9.10. The minimum atomic E-state index is -0.118. The van der Waals surface area contributed by atoms with Crippen LogP contribution < -0.4 is 10.1 Å². The summed E-state index contributed by atoms with van der Waals surface area (Å²) >= 11 is 9.28. The maximum absolute atomic E-state index is 12.0. The summed E-state index contributed by atoms with van der Waals surface area (Å²) in [5, 5.41) is 3.35. The summed E-state index contributed by atoms with van der Waals surface area (Å²) in [6.45, 7) is 0. The summed E-state index contributed by atoms with van der Waals surface area (Å²) in [6.07, 6.45) is 0.295. The number of nitrogens with one attached hydrogen (secondary N) is 1. The fourth-order valence-electron chi connectivity index (χ4n) is 1.76. The van der Waals surface area contributed by atoms with Crippen LogP contribution in [0.3, 0.4) is 0 Å². The van der Waals surface area contributed by atoms with E-state index in [2.05, 4.69) is 21.2 Å². The Balaban J connectivity index is 2.08. The van der Waals surface area contributed by atoms with Gasteiger partial charge >= 0.3 is 0 Å². The largest absolute Gasteiger partial charge is 0.495 e. The molecule has 0 heterocycles. The van der Waals surface area contributed by atoms with E-state index in [0.29, 0.717) is 22.9 Å². The van der Waals surface area contributed by atoms with Crippen molar-refractivity contribution in [2.45, 2.75) is 6.42 Å². The molecule has 0 saturated heterocycles. The summed E-state index contributed by atoms with van der Waals surface area (Å²) in [5.41, 5.74) is 1.51. The molecule has 3 nitrogen and oxygen atoms in total. The van der Waals surface area contributed by atoms with Gasteiger partial charge in [0.2, 0.25) is 5.91 Å². The van der Waals surface area contributed by atoms with E-state index in [0.717, 1.165) is 10.0 Å². The molecule has 0 spiro atoms. The van der Waals surface area contributed by atoms with E-state index in [-0.39, 0.29) is 5.91 Å². The number of rotatable bonds is 4. The Labute approximate surface area is 131 Å². The van der Waals surface area contributed by atoms with Gasteiger partial charge in [0.15, 0.2) is 0 Å². The first-order valence-electron chi connectivity index (χ1n) is 5.96. The number of halogens is 2. The first-order chi connectivity index (χ1) is 9.58. The third-order valence-corrected chi connectivity index (χ3v) is 3.48. The van der Waals surface area contributed by atoms with Crippen LogP contribution in [0.25, 0.3) is 0 Å². The Morgan fingerprint density at radius 1 is 1.25 bits per heavy atom. The molecule has 0 radical (unpaired) electrons. The smallest absolute Gasteiger partial charge is 0.228 e. The van der Waals surface area contributed by atoms with Crippen molar-refractivity contribution in [3.8, 4) is 5.75 Å². The van der Waals surface area contributed by atoms with E-state index in [1.807, 2.05) is 24.3 Å². The number of benzene rings is 2. The van der Waals surface area contributed by atoms with Crippen molar-refractivity contribution in [2.24, 2.45) is 0 Å². The van der Waals surface area contributed by atoms with Crippen molar-refractivity contribution in [2.75, 3.05) is 12.4 Å². The van der Waals surface area contributed by atoms with Crippen LogP contribution in [0.4, 0.5) is 5.69 Å². The Morgan fingerprint density at radius 3 is 2.60 bits per heavy atom. The summed E-state index contributed by atoms with van der Waals surface area (Å²) < 4.78 is 6.17. The minimum absolute atomic E-state index is 0.118. The molecule has 0 aliphatic carbocycles. The second-order valence-electron chi connectivity index (χ2n) is 4.20. The average Bonchev–Trinajstić information content (AvgIpc) is 2.41. The molecular formula is C15H13BrClNO2. The van der Waals surface area contributed by atoms with Crippen LogP contribution in [-0.4, -0.2) is 13.0 Å². The molecule has 0 aliphatic rings. The zero-order valence-corrected chi connectivity index (χ0v) is 13.2. The molecule has 0 unspecified atom stereocenters. The van der Waals surface area contributed by atoms with Gasteiger partial charge in [-0.2, -0.15) is 0 Å². The SMILES string of the molecule is COc1ccc(Cl)cc1NC(=O)Cc1ccc(Br)cc1. The highest BCUT2D eigenvalue weighted by Gasteiger charge is 2.09. The second kappa shape index (κ2) is 6.77. The Morgan fingerprint density at radius 2 is 1.95 bits per heavy atom. The van der Waals surface area contributed by atoms with Gasteiger partial charge in [-0.05, 0) is 35.9 Å². The molecule has 0 aliphatic heterocycles. The topological polar surface area (TPSA) is 38.3 Å². The van der Waals surface area contributed by atoms with Gasteiger partial charge in [-0.1, -0.05) is 39.7 Å². The number of amides is 1. The molecular weight excluding hydrogens is 342 g/mol. The zero-order valence-electron chi connectivity index (χ0n) is 10.8. The Kier molecular flexibility index (Phi) is 5.04. The highest BCUT2D eigenvalue weighted by Crippen LogP contribution is 2.27. The van der Waals surface area contributed by atoms with Crippen LogP contribution >= 0.6 is 27.5 Å². The lowest BCUT2D eigenvalue weighted by Gasteiger charge is -2.10. The maximum atomic E-state index is 12.0. The van der Waals surface area contributed by atoms with E-state index < -0.39 is 0 Å². The first-order valence-corrected chi connectivity index (χ1v) is 7.13. The van der Waals surface area contributed by atoms with Crippen molar-refractivity contribution < 1.29 is 9.53 Å². The van der Waals surface area contributed by atoms with E-state index in [4.69, 9.17) is 16.3 Å². The molecule has 104 valence electrons. The van der Waals surface area contributed by atoms with Gasteiger partial charge in [0, 0.05) is 9.50 Å². The van der Waals surface area contributed by atoms with E-state index in [1.165, 1.54) is 0 Å². The van der Waals surface area contributed by atoms with Gasteiger partial charge in [-0.15, -0.1) is 0 Å². The van der Waals surface area contributed by atoms with E-state index in [1.54, 1.807) is 25.3 Å². The lowest BCUT2D eigenvalue weighted by molar-refractivity contribution is -0.115. The van der Waals surface area contributed by atoms with Gasteiger partial charge in [-0.3, -0.25) is 4.79 Å². The number of anilines is 1. The van der Waals surface area contributed by atoms with Crippen molar-refractivity contribution in [1.29, 1.82) is 0 Å². The fourth-order valence-corrected chi connectivity index (χ4v) is 2.20. The first kappa shape index (κ1) is 14.9. The quantitative estimate of drug-likeness (QED) is 0.889. The monoisotopic (exact) mass is 353 g/mol. The van der Waals surface area contributed by atoms with Crippen LogP contribution in [0.15, 0.2) is 46.9 Å². The molecule has 2 aromatic carbocycles. The number of hydrogen-bond donors (Lipinski definition) is 1. The zero-order chi connectivity index (χ0) is 14.5. The molecule has 2 rings (SSSR count). The summed E-state index contributed by atoms with van der Waals surface area (Å²) in [6, 6.07) is 12.7. The molecule has 0 bridgehead atoms. The molecule has 0 atom stereocenters. The van der Waals surface area contributed by atoms with Crippen molar-refractivity contribution in [3.05, 3.63) is 57.5 Å². The normalized spacial score (nSPS) is 10.2. The second-order valence-corrected chi connectivity index (χ2v) is 5.55. The molecule has 20 heavy (non-hydrogen) atoms. The van der Waals surface area contributed by atoms with Crippen molar-refractivity contribution in [3.63, 3.8) is 0 Å². The molecule has 0 saturated carbocycles. The van der Waals surface area contributed by atoms with Crippen LogP contribution in [0.2, 0.25) is 5.02 Å². The van der Waals surface area contributed by atoms with Crippen LogP contribution in [0.1, 0.15) is 5.56 Å². The molecule has 0 fully saturated rings. The molecule has 1 amide bonds. The van der Waals surface area contributed by atoms with Crippen LogP contribution in [-0.2, 0) is 11.2 Å². The molecule has 0 aromatic heterocycles. The van der Waals surface area contributed by atoms with Gasteiger partial charge < -0.3 is 10.1 Å². The minimum Gasteiger partial charge on any atom is -0.495 e. The number of carbonyl (C=O) groups excluding carboxylic acids is 1. The Hall–Kier alpha value is -1.52. The van der Waals surface area contributed by atoms with Gasteiger partial charge in [0.25, 0.3) is 0 Å². The van der Waals surface area contributed by atoms with Crippen molar-refractivity contribution >= 4 is 39.1 Å². The predicted molar refractivity (Wildman–Crippen MR) is 84.5 cm³/mol. The van der Waals surface area contributed by atoms with Gasteiger partial charge in [0.05, 0.1) is 19.2 Å². The molecule has 1 N–H and O–H groups in total. The van der Waals surface area contributed by atoms with Crippen LogP contribution in [0, 0.1) is 0 Å². The number of ether oxygens (including phenoxy) is 1. The lowest BCUT2D eigenvalue weighted by atomic mass is 10.1. The van der Waals surface area contributed by atoms with E-state index >= 15 is 0 Å². The van der Waals surface area contributed by atoms with Gasteiger partial charge in [0.1, 0.15) is 5.75 Å². The summed E-state index contributed by atoms with van der Waals surface area (Å²) in [4.78, 5) is 12.0. The van der Waals surface area contributed by atoms with Crippen LogP contribution in [0.5, 0.6) is 5.75 Å². The maximum Gasteiger partial charge on any atom is 0.228 e. The lowest BCUT2D eigenvalue weighted by Crippen LogP contribution is -2.15. The van der Waals surface area contributed by atoms with Crippen molar-refractivity contribution in [1.82, 2.24) is 0 Å². The third kappa shape index (κ3) is 3.99.